The van der Waals surface area contributed by atoms with E-state index in [0.29, 0.717) is 18.5 Å². The highest BCUT2D eigenvalue weighted by Gasteiger charge is 2.31. The number of hydrogen-bond donors (Lipinski definition) is 0. The number of benzene rings is 1. The number of para-hydroxylation sites is 1. The first kappa shape index (κ1) is 15.5. The fraction of sp³-hybridized carbons (Fsp3) is 0.263. The van der Waals surface area contributed by atoms with Gasteiger partial charge in [-0.15, -0.1) is 0 Å². The van der Waals surface area contributed by atoms with E-state index in [-0.39, 0.29) is 11.9 Å². The molecule has 1 unspecified atom stereocenters. The molecule has 6 nitrogen and oxygen atoms in total. The van der Waals surface area contributed by atoms with Crippen molar-refractivity contribution >= 4 is 11.6 Å². The molecule has 2 aromatic heterocycles. The van der Waals surface area contributed by atoms with E-state index in [1.165, 1.54) is 6.33 Å². The summed E-state index contributed by atoms with van der Waals surface area (Å²) in [4.78, 5) is 23.4. The second-order valence-electron chi connectivity index (χ2n) is 6.13. The molecule has 25 heavy (non-hydrogen) atoms. The van der Waals surface area contributed by atoms with Crippen LogP contribution in [-0.4, -0.2) is 32.2 Å². The van der Waals surface area contributed by atoms with E-state index in [9.17, 15) is 4.79 Å². The van der Waals surface area contributed by atoms with Gasteiger partial charge in [-0.1, -0.05) is 25.1 Å². The Morgan fingerprint density at radius 3 is 2.96 bits per heavy atom. The number of rotatable bonds is 3. The molecule has 126 valence electrons. The van der Waals surface area contributed by atoms with Crippen LogP contribution in [0.25, 0.3) is 0 Å². The van der Waals surface area contributed by atoms with Crippen LogP contribution in [-0.2, 0) is 12.8 Å². The van der Waals surface area contributed by atoms with Crippen LogP contribution in [0.15, 0.2) is 55.2 Å². The number of fused-ring (bicyclic) bond motifs is 1. The van der Waals surface area contributed by atoms with E-state index in [4.69, 9.17) is 0 Å². The Labute approximate surface area is 146 Å². The maximum atomic E-state index is 13.3. The van der Waals surface area contributed by atoms with Crippen molar-refractivity contribution in [2.75, 3.05) is 11.4 Å². The second-order valence-corrected chi connectivity index (χ2v) is 6.13. The van der Waals surface area contributed by atoms with Gasteiger partial charge in [0.1, 0.15) is 6.33 Å². The SMILES string of the molecule is CCc1ncncc1C(=O)N1CC(n2cccn2)Cc2ccccc21. The van der Waals surface area contributed by atoms with Gasteiger partial charge in [0.2, 0.25) is 0 Å². The Hall–Kier alpha value is -3.02. The van der Waals surface area contributed by atoms with Gasteiger partial charge in [0.05, 0.1) is 17.3 Å². The lowest BCUT2D eigenvalue weighted by Crippen LogP contribution is -2.41. The molecule has 4 rings (SSSR count). The van der Waals surface area contributed by atoms with Crippen molar-refractivity contribution in [3.8, 4) is 0 Å². The quantitative estimate of drug-likeness (QED) is 0.739. The third-order valence-corrected chi connectivity index (χ3v) is 4.64. The minimum atomic E-state index is -0.0539. The average molecular weight is 333 g/mol. The van der Waals surface area contributed by atoms with Crippen molar-refractivity contribution in [1.82, 2.24) is 19.7 Å². The summed E-state index contributed by atoms with van der Waals surface area (Å²) < 4.78 is 1.93. The molecule has 3 aromatic rings. The molecular weight excluding hydrogens is 314 g/mol. The number of carbonyl (C=O) groups is 1. The molecule has 0 N–H and O–H groups in total. The van der Waals surface area contributed by atoms with Crippen LogP contribution in [0, 0.1) is 0 Å². The topological polar surface area (TPSA) is 63.9 Å². The second kappa shape index (κ2) is 6.47. The molecule has 1 amide bonds. The summed E-state index contributed by atoms with van der Waals surface area (Å²) in [6.07, 6.45) is 8.38. The molecular formula is C19H19N5O. The number of hydrogen-bond acceptors (Lipinski definition) is 4. The number of aryl methyl sites for hydroxylation is 1. The van der Waals surface area contributed by atoms with Crippen LogP contribution in [0.4, 0.5) is 5.69 Å². The van der Waals surface area contributed by atoms with Gasteiger partial charge in [-0.25, -0.2) is 9.97 Å². The number of nitrogens with zero attached hydrogens (tertiary/aromatic N) is 5. The lowest BCUT2D eigenvalue weighted by Gasteiger charge is -2.35. The van der Waals surface area contributed by atoms with Crippen LogP contribution in [0.1, 0.15) is 34.6 Å². The Bertz CT molecular complexity index is 890. The predicted molar refractivity (Wildman–Crippen MR) is 94.5 cm³/mol. The standard InChI is InChI=1S/C19H19N5O/c1-2-17-16(11-20-13-21-17)19(25)23-12-15(24-9-5-8-22-24)10-14-6-3-4-7-18(14)23/h3-9,11,13,15H,2,10,12H2,1H3. The van der Waals surface area contributed by atoms with Crippen molar-refractivity contribution < 1.29 is 4.79 Å². The average Bonchev–Trinajstić information content (AvgIpc) is 3.21. The van der Waals surface area contributed by atoms with Gasteiger partial charge in [0.15, 0.2) is 0 Å². The summed E-state index contributed by atoms with van der Waals surface area (Å²) in [6, 6.07) is 10.1. The zero-order chi connectivity index (χ0) is 17.2. The van der Waals surface area contributed by atoms with Crippen molar-refractivity contribution in [2.45, 2.75) is 25.8 Å². The molecule has 0 saturated heterocycles. The Balaban J connectivity index is 1.75. The van der Waals surface area contributed by atoms with E-state index < -0.39 is 0 Å². The summed E-state index contributed by atoms with van der Waals surface area (Å²) in [7, 11) is 0. The first-order valence-electron chi connectivity index (χ1n) is 8.45. The van der Waals surface area contributed by atoms with Crippen LogP contribution >= 0.6 is 0 Å². The molecule has 0 saturated carbocycles. The highest BCUT2D eigenvalue weighted by Crippen LogP contribution is 2.32. The zero-order valence-electron chi connectivity index (χ0n) is 14.0. The van der Waals surface area contributed by atoms with Gasteiger partial charge >= 0.3 is 0 Å². The summed E-state index contributed by atoms with van der Waals surface area (Å²) in [6.45, 7) is 2.57. The lowest BCUT2D eigenvalue weighted by atomic mass is 9.97. The normalized spacial score (nSPS) is 16.5. The first-order valence-corrected chi connectivity index (χ1v) is 8.45. The summed E-state index contributed by atoms with van der Waals surface area (Å²) in [5.41, 5.74) is 3.46. The molecule has 1 atom stereocenters. The maximum absolute atomic E-state index is 13.3. The first-order chi connectivity index (χ1) is 12.3. The Morgan fingerprint density at radius 1 is 1.28 bits per heavy atom. The van der Waals surface area contributed by atoms with Crippen LogP contribution in [0.2, 0.25) is 0 Å². The molecule has 6 heteroatoms. The maximum Gasteiger partial charge on any atom is 0.261 e. The third-order valence-electron chi connectivity index (χ3n) is 4.64. The molecule has 0 aliphatic carbocycles. The van der Waals surface area contributed by atoms with E-state index in [1.54, 1.807) is 12.4 Å². The monoisotopic (exact) mass is 333 g/mol. The van der Waals surface area contributed by atoms with Gasteiger partial charge in [-0.2, -0.15) is 5.10 Å². The summed E-state index contributed by atoms with van der Waals surface area (Å²) in [5.74, 6) is -0.0539. The molecule has 0 bridgehead atoms. The number of amides is 1. The molecule has 1 aliphatic heterocycles. The van der Waals surface area contributed by atoms with Crippen molar-refractivity contribution in [3.63, 3.8) is 0 Å². The summed E-state index contributed by atoms with van der Waals surface area (Å²) >= 11 is 0. The molecule has 0 spiro atoms. The smallest absolute Gasteiger partial charge is 0.261 e. The van der Waals surface area contributed by atoms with Gasteiger partial charge in [-0.3, -0.25) is 9.48 Å². The van der Waals surface area contributed by atoms with Gasteiger partial charge in [-0.05, 0) is 30.5 Å². The van der Waals surface area contributed by atoms with Crippen molar-refractivity contribution in [3.05, 3.63) is 72.1 Å². The van der Waals surface area contributed by atoms with Gasteiger partial charge in [0, 0.05) is 30.8 Å². The third kappa shape index (κ3) is 2.80. The Kier molecular flexibility index (Phi) is 4.01. The van der Waals surface area contributed by atoms with E-state index in [1.807, 2.05) is 47.0 Å². The number of anilines is 1. The molecule has 1 aromatic carbocycles. The molecule has 3 heterocycles. The fourth-order valence-electron chi connectivity index (χ4n) is 3.40. The van der Waals surface area contributed by atoms with E-state index >= 15 is 0 Å². The van der Waals surface area contributed by atoms with Crippen LogP contribution in [0.5, 0.6) is 0 Å². The Morgan fingerprint density at radius 2 is 2.16 bits per heavy atom. The predicted octanol–water partition coefficient (Wildman–Crippen LogP) is 2.68. The van der Waals surface area contributed by atoms with Gasteiger partial charge in [0.25, 0.3) is 5.91 Å². The van der Waals surface area contributed by atoms with Crippen molar-refractivity contribution in [1.29, 1.82) is 0 Å². The van der Waals surface area contributed by atoms with Crippen molar-refractivity contribution in [2.24, 2.45) is 0 Å². The lowest BCUT2D eigenvalue weighted by molar-refractivity contribution is 0.0978. The molecule has 0 radical (unpaired) electrons. The number of aromatic nitrogens is 4. The van der Waals surface area contributed by atoms with Crippen LogP contribution < -0.4 is 4.90 Å². The number of carbonyl (C=O) groups excluding carboxylic acids is 1. The largest absolute Gasteiger partial charge is 0.306 e. The fourth-order valence-corrected chi connectivity index (χ4v) is 3.40. The van der Waals surface area contributed by atoms with E-state index in [0.717, 1.165) is 23.4 Å². The minimum Gasteiger partial charge on any atom is -0.306 e. The highest BCUT2D eigenvalue weighted by molar-refractivity contribution is 6.07. The minimum absolute atomic E-state index is 0.0539. The van der Waals surface area contributed by atoms with E-state index in [2.05, 4.69) is 21.1 Å². The van der Waals surface area contributed by atoms with Gasteiger partial charge < -0.3 is 4.90 Å². The summed E-state index contributed by atoms with van der Waals surface area (Å²) in [5, 5.41) is 4.37. The molecule has 0 fully saturated rings. The van der Waals surface area contributed by atoms with Crippen LogP contribution in [0.3, 0.4) is 0 Å². The molecule has 1 aliphatic rings. The highest BCUT2D eigenvalue weighted by atomic mass is 16.2. The zero-order valence-corrected chi connectivity index (χ0v) is 14.0.